The van der Waals surface area contributed by atoms with E-state index in [1.807, 2.05) is 0 Å². The van der Waals surface area contributed by atoms with Gasteiger partial charge in [0.25, 0.3) is 5.89 Å². The summed E-state index contributed by atoms with van der Waals surface area (Å²) < 4.78 is 5.36. The van der Waals surface area contributed by atoms with Crippen LogP contribution in [0.4, 0.5) is 0 Å². The van der Waals surface area contributed by atoms with Crippen molar-refractivity contribution >= 4 is 21.8 Å². The number of primary amides is 1. The average Bonchev–Trinajstić information content (AvgIpc) is 2.13. The molecule has 0 aliphatic rings. The maximum atomic E-state index is 10.4. The van der Waals surface area contributed by atoms with Crippen LogP contribution in [0, 0.1) is 6.92 Å². The minimum absolute atomic E-state index is 0.0654. The molecule has 0 aromatic carbocycles. The number of oxazole rings is 1. The smallest absolute Gasteiger partial charge is 0.304 e. The maximum Gasteiger partial charge on any atom is 0.304 e. The Hall–Kier alpha value is -0.840. The number of hydrogen-bond acceptors (Lipinski definition) is 3. The lowest BCUT2D eigenvalue weighted by atomic mass is 10.6. The molecular weight excluding hydrogens is 200 g/mol. The van der Waals surface area contributed by atoms with Gasteiger partial charge >= 0.3 is 5.91 Å². The summed E-state index contributed by atoms with van der Waals surface area (Å²) in [7, 11) is 0. The Morgan fingerprint density at radius 3 is 2.60 bits per heavy atom. The lowest BCUT2D eigenvalue weighted by Gasteiger charge is -1.80. The van der Waals surface area contributed by atoms with Crippen molar-refractivity contribution in [3.8, 4) is 0 Å². The third-order valence-corrected chi connectivity index (χ3v) is 1.69. The van der Waals surface area contributed by atoms with Crippen molar-refractivity contribution in [2.75, 3.05) is 0 Å². The molecule has 0 saturated heterocycles. The highest BCUT2D eigenvalue weighted by molar-refractivity contribution is 9.10. The van der Waals surface area contributed by atoms with Gasteiger partial charge in [-0.3, -0.25) is 4.79 Å². The first-order valence-electron chi connectivity index (χ1n) is 2.54. The van der Waals surface area contributed by atoms with Crippen LogP contribution < -0.4 is 5.73 Å². The van der Waals surface area contributed by atoms with E-state index < -0.39 is 5.91 Å². The molecule has 1 heterocycles. The van der Waals surface area contributed by atoms with Gasteiger partial charge in [0.15, 0.2) is 0 Å². The van der Waals surface area contributed by atoms with Crippen molar-refractivity contribution in [2.45, 2.75) is 6.92 Å². The van der Waals surface area contributed by atoms with Crippen molar-refractivity contribution in [3.05, 3.63) is 16.3 Å². The number of nitrogens with two attached hydrogens (primary N) is 1. The molecule has 54 valence electrons. The molecule has 1 aromatic rings. The van der Waals surface area contributed by atoms with Crippen molar-refractivity contribution < 1.29 is 9.21 Å². The van der Waals surface area contributed by atoms with E-state index in [1.54, 1.807) is 6.92 Å². The molecule has 0 aliphatic heterocycles. The summed E-state index contributed by atoms with van der Waals surface area (Å²) in [5, 5.41) is 0. The van der Waals surface area contributed by atoms with Gasteiger partial charge in [0, 0.05) is 0 Å². The van der Waals surface area contributed by atoms with Crippen LogP contribution in [0.1, 0.15) is 16.4 Å². The van der Waals surface area contributed by atoms with Crippen LogP contribution in [0.3, 0.4) is 0 Å². The fourth-order valence-corrected chi connectivity index (χ4v) is 0.725. The minimum atomic E-state index is -0.659. The lowest BCUT2D eigenvalue weighted by Crippen LogP contribution is -2.10. The van der Waals surface area contributed by atoms with Gasteiger partial charge in [0.1, 0.15) is 10.4 Å². The minimum Gasteiger partial charge on any atom is -0.437 e. The van der Waals surface area contributed by atoms with Crippen LogP contribution in [0.15, 0.2) is 9.02 Å². The second kappa shape index (κ2) is 2.42. The molecule has 0 saturated carbocycles. The third-order valence-electron chi connectivity index (χ3n) is 0.951. The number of carbonyl (C=O) groups is 1. The van der Waals surface area contributed by atoms with Gasteiger partial charge in [0.2, 0.25) is 0 Å². The topological polar surface area (TPSA) is 69.1 Å². The normalized spacial score (nSPS) is 9.80. The summed E-state index contributed by atoms with van der Waals surface area (Å²) in [4.78, 5) is 14.1. The Morgan fingerprint density at radius 2 is 2.40 bits per heavy atom. The van der Waals surface area contributed by atoms with Crippen molar-refractivity contribution in [3.63, 3.8) is 0 Å². The standard InChI is InChI=1S/C5H5BrN2O2/c1-2-3(6)8-5(10-2)4(7)9/h1H3,(H2,7,9). The third kappa shape index (κ3) is 1.18. The quantitative estimate of drug-likeness (QED) is 0.738. The molecule has 1 amide bonds. The van der Waals surface area contributed by atoms with Gasteiger partial charge in [-0.25, -0.2) is 0 Å². The highest BCUT2D eigenvalue weighted by atomic mass is 79.9. The number of halogens is 1. The molecule has 0 fully saturated rings. The number of nitrogens with zero attached hydrogens (tertiary/aromatic N) is 1. The number of amides is 1. The van der Waals surface area contributed by atoms with Gasteiger partial charge in [-0.05, 0) is 22.9 Å². The zero-order valence-electron chi connectivity index (χ0n) is 5.22. The number of aryl methyl sites for hydroxylation is 1. The fourth-order valence-electron chi connectivity index (χ4n) is 0.483. The first kappa shape index (κ1) is 7.27. The predicted octanol–water partition coefficient (Wildman–Crippen LogP) is 0.844. The molecule has 0 radical (unpaired) electrons. The van der Waals surface area contributed by atoms with E-state index >= 15 is 0 Å². The van der Waals surface area contributed by atoms with Crippen molar-refractivity contribution in [1.29, 1.82) is 0 Å². The number of carbonyl (C=O) groups excluding carboxylic acids is 1. The predicted molar refractivity (Wildman–Crippen MR) is 37.5 cm³/mol. The van der Waals surface area contributed by atoms with Gasteiger partial charge in [-0.2, -0.15) is 4.98 Å². The number of aromatic nitrogens is 1. The van der Waals surface area contributed by atoms with E-state index in [-0.39, 0.29) is 5.89 Å². The van der Waals surface area contributed by atoms with Crippen LogP contribution in [-0.4, -0.2) is 10.9 Å². The molecule has 2 N–H and O–H groups in total. The Labute approximate surface area is 65.5 Å². The average molecular weight is 205 g/mol. The highest BCUT2D eigenvalue weighted by Crippen LogP contribution is 2.14. The summed E-state index contributed by atoms with van der Waals surface area (Å²) in [6, 6.07) is 0. The fraction of sp³-hybridized carbons (Fsp3) is 0.200. The largest absolute Gasteiger partial charge is 0.437 e. The van der Waals surface area contributed by atoms with Crippen LogP contribution in [0.2, 0.25) is 0 Å². The summed E-state index contributed by atoms with van der Waals surface area (Å²) in [6.07, 6.45) is 0. The molecule has 1 rings (SSSR count). The Bertz CT molecular complexity index is 249. The van der Waals surface area contributed by atoms with Gasteiger partial charge in [0.05, 0.1) is 0 Å². The van der Waals surface area contributed by atoms with Crippen LogP contribution >= 0.6 is 15.9 Å². The molecule has 10 heavy (non-hydrogen) atoms. The summed E-state index contributed by atoms with van der Waals surface area (Å²) in [6.45, 7) is 1.68. The van der Waals surface area contributed by atoms with E-state index in [0.29, 0.717) is 10.4 Å². The van der Waals surface area contributed by atoms with Gasteiger partial charge in [-0.1, -0.05) is 0 Å². The summed E-state index contributed by atoms with van der Waals surface area (Å²) in [5.74, 6) is -0.174. The highest BCUT2D eigenvalue weighted by Gasteiger charge is 2.10. The second-order valence-corrected chi connectivity index (χ2v) is 2.48. The van der Waals surface area contributed by atoms with Crippen LogP contribution in [0.5, 0.6) is 0 Å². The number of rotatable bonds is 1. The molecule has 0 unspecified atom stereocenters. The Balaban J connectivity index is 3.10. The van der Waals surface area contributed by atoms with E-state index in [0.717, 1.165) is 0 Å². The molecule has 0 aliphatic carbocycles. The molecular formula is C5H5BrN2O2. The van der Waals surface area contributed by atoms with Crippen LogP contribution in [-0.2, 0) is 0 Å². The zero-order valence-corrected chi connectivity index (χ0v) is 6.81. The monoisotopic (exact) mass is 204 g/mol. The van der Waals surface area contributed by atoms with E-state index in [1.165, 1.54) is 0 Å². The van der Waals surface area contributed by atoms with E-state index in [4.69, 9.17) is 10.2 Å². The molecule has 0 bridgehead atoms. The van der Waals surface area contributed by atoms with E-state index in [9.17, 15) is 4.79 Å². The zero-order chi connectivity index (χ0) is 7.72. The first-order chi connectivity index (χ1) is 4.61. The summed E-state index contributed by atoms with van der Waals surface area (Å²) in [5.41, 5.74) is 4.88. The van der Waals surface area contributed by atoms with Crippen molar-refractivity contribution in [2.24, 2.45) is 5.73 Å². The van der Waals surface area contributed by atoms with Gasteiger partial charge < -0.3 is 10.2 Å². The first-order valence-corrected chi connectivity index (χ1v) is 3.33. The second-order valence-electron chi connectivity index (χ2n) is 1.73. The number of hydrogen-bond donors (Lipinski definition) is 1. The SMILES string of the molecule is Cc1oc(C(N)=O)nc1Br. The maximum absolute atomic E-state index is 10.4. The molecule has 4 nitrogen and oxygen atoms in total. The van der Waals surface area contributed by atoms with Gasteiger partial charge in [-0.15, -0.1) is 0 Å². The lowest BCUT2D eigenvalue weighted by molar-refractivity contribution is 0.0966. The summed E-state index contributed by atoms with van der Waals surface area (Å²) >= 11 is 3.07. The molecule has 5 heteroatoms. The van der Waals surface area contributed by atoms with Crippen LogP contribution in [0.25, 0.3) is 0 Å². The molecule has 0 spiro atoms. The molecule has 0 atom stereocenters. The molecule has 1 aromatic heterocycles. The Kier molecular flexibility index (Phi) is 1.76. The van der Waals surface area contributed by atoms with E-state index in [2.05, 4.69) is 20.9 Å². The van der Waals surface area contributed by atoms with Crippen molar-refractivity contribution in [1.82, 2.24) is 4.98 Å². The Morgan fingerprint density at radius 1 is 1.80 bits per heavy atom.